The fraction of sp³-hybridized carbons (Fsp3) is 0.333. The molecular weight excluding hydrogens is 234 g/mol. The molecule has 1 heterocycles. The molecule has 0 radical (unpaired) electrons. The Bertz CT molecular complexity index is 312. The van der Waals surface area contributed by atoms with Gasteiger partial charge in [-0.05, 0) is 19.1 Å². The minimum atomic E-state index is -0.336. The van der Waals surface area contributed by atoms with Crippen LogP contribution in [0.1, 0.15) is 27.8 Å². The van der Waals surface area contributed by atoms with Gasteiger partial charge in [0.1, 0.15) is 0 Å². The number of hydrogen-bond donors (Lipinski definition) is 0. The van der Waals surface area contributed by atoms with Gasteiger partial charge in [0, 0.05) is 6.20 Å². The third-order valence-corrected chi connectivity index (χ3v) is 2.08. The van der Waals surface area contributed by atoms with Crippen LogP contribution in [0.15, 0.2) is 18.3 Å². The van der Waals surface area contributed by atoms with Crippen molar-refractivity contribution in [3.05, 3.63) is 29.6 Å². The number of halogens is 1. The SMILES string of the molecule is COC(=O)c1ccnc(C(C)Br)c1. The molecule has 3 nitrogen and oxygen atoms in total. The maximum absolute atomic E-state index is 11.1. The van der Waals surface area contributed by atoms with Gasteiger partial charge in [-0.15, -0.1) is 0 Å². The summed E-state index contributed by atoms with van der Waals surface area (Å²) < 4.78 is 4.59. The van der Waals surface area contributed by atoms with E-state index in [1.54, 1.807) is 18.3 Å². The smallest absolute Gasteiger partial charge is 0.337 e. The van der Waals surface area contributed by atoms with Crippen LogP contribution in [0.25, 0.3) is 0 Å². The second-order valence-electron chi connectivity index (χ2n) is 2.58. The Morgan fingerprint density at radius 2 is 2.38 bits per heavy atom. The zero-order chi connectivity index (χ0) is 9.84. The predicted molar refractivity (Wildman–Crippen MR) is 52.9 cm³/mol. The molecule has 1 rings (SSSR count). The van der Waals surface area contributed by atoms with Crippen LogP contribution in [0.5, 0.6) is 0 Å². The Hall–Kier alpha value is -0.900. The van der Waals surface area contributed by atoms with Crippen molar-refractivity contribution in [1.82, 2.24) is 4.98 Å². The Morgan fingerprint density at radius 1 is 1.69 bits per heavy atom. The van der Waals surface area contributed by atoms with Crippen molar-refractivity contribution in [3.8, 4) is 0 Å². The quantitative estimate of drug-likeness (QED) is 0.592. The van der Waals surface area contributed by atoms with E-state index < -0.39 is 0 Å². The van der Waals surface area contributed by atoms with Gasteiger partial charge in [0.15, 0.2) is 0 Å². The van der Waals surface area contributed by atoms with E-state index in [0.717, 1.165) is 5.69 Å². The molecule has 0 spiro atoms. The minimum Gasteiger partial charge on any atom is -0.465 e. The average Bonchev–Trinajstić information content (AvgIpc) is 2.17. The molecular formula is C9H10BrNO2. The summed E-state index contributed by atoms with van der Waals surface area (Å²) in [7, 11) is 1.36. The molecule has 0 saturated carbocycles. The van der Waals surface area contributed by atoms with Crippen molar-refractivity contribution in [1.29, 1.82) is 0 Å². The molecule has 70 valence electrons. The van der Waals surface area contributed by atoms with Gasteiger partial charge in [0.2, 0.25) is 0 Å². The summed E-state index contributed by atoms with van der Waals surface area (Å²) in [4.78, 5) is 15.4. The first-order valence-electron chi connectivity index (χ1n) is 3.83. The number of carbonyl (C=O) groups excluding carboxylic acids is 1. The molecule has 1 aromatic heterocycles. The van der Waals surface area contributed by atoms with Crippen LogP contribution < -0.4 is 0 Å². The lowest BCUT2D eigenvalue weighted by molar-refractivity contribution is 0.0600. The molecule has 4 heteroatoms. The molecule has 0 amide bonds. The number of rotatable bonds is 2. The number of aromatic nitrogens is 1. The van der Waals surface area contributed by atoms with E-state index in [1.165, 1.54) is 7.11 Å². The Labute approximate surface area is 85.3 Å². The number of ether oxygens (including phenoxy) is 1. The van der Waals surface area contributed by atoms with E-state index in [2.05, 4.69) is 25.7 Å². The number of nitrogens with zero attached hydrogens (tertiary/aromatic N) is 1. The van der Waals surface area contributed by atoms with Crippen molar-refractivity contribution in [2.45, 2.75) is 11.8 Å². The number of alkyl halides is 1. The van der Waals surface area contributed by atoms with Crippen molar-refractivity contribution >= 4 is 21.9 Å². The third-order valence-electron chi connectivity index (χ3n) is 1.61. The van der Waals surface area contributed by atoms with Crippen molar-refractivity contribution in [2.75, 3.05) is 7.11 Å². The number of carbonyl (C=O) groups is 1. The highest BCUT2D eigenvalue weighted by Crippen LogP contribution is 2.19. The highest BCUT2D eigenvalue weighted by Gasteiger charge is 2.08. The second kappa shape index (κ2) is 4.37. The first-order valence-corrected chi connectivity index (χ1v) is 4.75. The highest BCUT2D eigenvalue weighted by molar-refractivity contribution is 9.09. The molecule has 1 aromatic rings. The molecule has 0 aromatic carbocycles. The Morgan fingerprint density at radius 3 is 2.92 bits per heavy atom. The number of hydrogen-bond acceptors (Lipinski definition) is 3. The minimum absolute atomic E-state index is 0.136. The fourth-order valence-electron chi connectivity index (χ4n) is 0.911. The fourth-order valence-corrected chi connectivity index (χ4v) is 1.16. The molecule has 0 fully saturated rings. The van der Waals surface area contributed by atoms with Crippen molar-refractivity contribution in [3.63, 3.8) is 0 Å². The number of methoxy groups -OCH3 is 1. The maximum atomic E-state index is 11.1. The van der Waals surface area contributed by atoms with Gasteiger partial charge in [0.05, 0.1) is 23.2 Å². The van der Waals surface area contributed by atoms with Crippen LogP contribution >= 0.6 is 15.9 Å². The summed E-state index contributed by atoms with van der Waals surface area (Å²) in [5, 5.41) is 0. The molecule has 0 aliphatic carbocycles. The second-order valence-corrected chi connectivity index (χ2v) is 3.95. The summed E-state index contributed by atoms with van der Waals surface area (Å²) in [6.45, 7) is 1.95. The van der Waals surface area contributed by atoms with Crippen LogP contribution in [0.3, 0.4) is 0 Å². The zero-order valence-corrected chi connectivity index (χ0v) is 9.04. The molecule has 1 atom stereocenters. The topological polar surface area (TPSA) is 39.2 Å². The molecule has 0 N–H and O–H groups in total. The summed E-state index contributed by atoms with van der Waals surface area (Å²) in [5.74, 6) is -0.336. The highest BCUT2D eigenvalue weighted by atomic mass is 79.9. The standard InChI is InChI=1S/C9H10BrNO2/c1-6(10)8-5-7(3-4-11-8)9(12)13-2/h3-6H,1-2H3. The van der Waals surface area contributed by atoms with E-state index in [9.17, 15) is 4.79 Å². The summed E-state index contributed by atoms with van der Waals surface area (Å²) in [6.07, 6.45) is 1.60. The lowest BCUT2D eigenvalue weighted by Crippen LogP contribution is -2.02. The molecule has 13 heavy (non-hydrogen) atoms. The number of esters is 1. The van der Waals surface area contributed by atoms with Crippen molar-refractivity contribution in [2.24, 2.45) is 0 Å². The maximum Gasteiger partial charge on any atom is 0.337 e. The first kappa shape index (κ1) is 10.2. The van der Waals surface area contributed by atoms with Gasteiger partial charge in [-0.25, -0.2) is 4.79 Å². The monoisotopic (exact) mass is 243 g/mol. The summed E-state index contributed by atoms with van der Waals surface area (Å²) in [6, 6.07) is 3.34. The normalized spacial score (nSPS) is 12.2. The predicted octanol–water partition coefficient (Wildman–Crippen LogP) is 2.32. The zero-order valence-electron chi connectivity index (χ0n) is 7.45. The van der Waals surface area contributed by atoms with E-state index in [-0.39, 0.29) is 10.8 Å². The summed E-state index contributed by atoms with van der Waals surface area (Å²) >= 11 is 3.37. The summed E-state index contributed by atoms with van der Waals surface area (Å²) in [5.41, 5.74) is 1.35. The largest absolute Gasteiger partial charge is 0.465 e. The van der Waals surface area contributed by atoms with E-state index >= 15 is 0 Å². The molecule has 0 saturated heterocycles. The van der Waals surface area contributed by atoms with Crippen LogP contribution in [0.2, 0.25) is 0 Å². The van der Waals surface area contributed by atoms with E-state index in [0.29, 0.717) is 5.56 Å². The van der Waals surface area contributed by atoms with Gasteiger partial charge in [-0.3, -0.25) is 4.98 Å². The number of pyridine rings is 1. The van der Waals surface area contributed by atoms with Gasteiger partial charge >= 0.3 is 5.97 Å². The third kappa shape index (κ3) is 2.52. The average molecular weight is 244 g/mol. The molecule has 0 bridgehead atoms. The Balaban J connectivity index is 2.98. The van der Waals surface area contributed by atoms with Gasteiger partial charge < -0.3 is 4.74 Å². The van der Waals surface area contributed by atoms with E-state index in [1.807, 2.05) is 6.92 Å². The van der Waals surface area contributed by atoms with Crippen LogP contribution in [-0.4, -0.2) is 18.1 Å². The van der Waals surface area contributed by atoms with Crippen LogP contribution in [0.4, 0.5) is 0 Å². The van der Waals surface area contributed by atoms with Gasteiger partial charge in [-0.1, -0.05) is 15.9 Å². The molecule has 1 unspecified atom stereocenters. The van der Waals surface area contributed by atoms with Gasteiger partial charge in [0.25, 0.3) is 0 Å². The van der Waals surface area contributed by atoms with Crippen LogP contribution in [0, 0.1) is 0 Å². The molecule has 0 aliphatic rings. The lowest BCUT2D eigenvalue weighted by Gasteiger charge is -2.04. The van der Waals surface area contributed by atoms with Crippen LogP contribution in [-0.2, 0) is 4.74 Å². The lowest BCUT2D eigenvalue weighted by atomic mass is 10.2. The first-order chi connectivity index (χ1) is 6.15. The Kier molecular flexibility index (Phi) is 3.42. The van der Waals surface area contributed by atoms with E-state index in [4.69, 9.17) is 0 Å². The van der Waals surface area contributed by atoms with Crippen molar-refractivity contribution < 1.29 is 9.53 Å². The molecule has 0 aliphatic heterocycles. The van der Waals surface area contributed by atoms with Gasteiger partial charge in [-0.2, -0.15) is 0 Å².